The van der Waals surface area contributed by atoms with Crippen molar-refractivity contribution in [2.75, 3.05) is 5.32 Å². The Morgan fingerprint density at radius 3 is 2.76 bits per heavy atom. The molecule has 0 bridgehead atoms. The molecule has 0 aliphatic carbocycles. The zero-order chi connectivity index (χ0) is 15.0. The van der Waals surface area contributed by atoms with Crippen LogP contribution in [0.2, 0.25) is 0 Å². The molecular weight excluding hydrogens is 290 g/mol. The number of aryl methyl sites for hydroxylation is 1. The molecule has 7 heteroatoms. The smallest absolute Gasteiger partial charge is 0.353 e. The molecule has 0 atom stereocenters. The van der Waals surface area contributed by atoms with Gasteiger partial charge in [-0.05, 0) is 23.9 Å². The zero-order valence-electron chi connectivity index (χ0n) is 11.0. The minimum atomic E-state index is -1.12. The van der Waals surface area contributed by atoms with Gasteiger partial charge in [0.05, 0.1) is 4.88 Å². The van der Waals surface area contributed by atoms with Gasteiger partial charge in [0.25, 0.3) is 5.91 Å². The highest BCUT2D eigenvalue weighted by Gasteiger charge is 2.17. The van der Waals surface area contributed by atoms with Gasteiger partial charge in [-0.1, -0.05) is 18.2 Å². The molecule has 6 nitrogen and oxygen atoms in total. The molecule has 21 heavy (non-hydrogen) atoms. The van der Waals surface area contributed by atoms with Gasteiger partial charge >= 0.3 is 5.97 Å². The summed E-state index contributed by atoms with van der Waals surface area (Å²) < 4.78 is 1.04. The van der Waals surface area contributed by atoms with E-state index in [9.17, 15) is 9.59 Å². The van der Waals surface area contributed by atoms with Crippen molar-refractivity contribution < 1.29 is 14.7 Å². The second kappa shape index (κ2) is 5.02. The first-order chi connectivity index (χ1) is 10.1. The molecule has 1 amide bonds. The van der Waals surface area contributed by atoms with Gasteiger partial charge in [0.2, 0.25) is 0 Å². The van der Waals surface area contributed by atoms with Crippen LogP contribution >= 0.6 is 11.3 Å². The van der Waals surface area contributed by atoms with Crippen LogP contribution in [0.4, 0.5) is 5.82 Å². The molecule has 106 valence electrons. The highest BCUT2D eigenvalue weighted by Crippen LogP contribution is 2.30. The highest BCUT2D eigenvalue weighted by molar-refractivity contribution is 7.21. The fraction of sp³-hybridized carbons (Fsp3) is 0.0714. The third-order valence-electron chi connectivity index (χ3n) is 3.10. The fourth-order valence-electron chi connectivity index (χ4n) is 2.06. The lowest BCUT2D eigenvalue weighted by atomic mass is 10.1. The van der Waals surface area contributed by atoms with Gasteiger partial charge in [-0.2, -0.15) is 5.10 Å². The number of benzene rings is 1. The van der Waals surface area contributed by atoms with Crippen LogP contribution in [0.15, 0.2) is 30.3 Å². The summed E-state index contributed by atoms with van der Waals surface area (Å²) in [5, 5.41) is 18.5. The Bertz CT molecular complexity index is 850. The van der Waals surface area contributed by atoms with Crippen LogP contribution < -0.4 is 5.32 Å². The number of carboxylic acid groups (broad SMARTS) is 1. The molecule has 2 aromatic heterocycles. The molecule has 2 heterocycles. The maximum absolute atomic E-state index is 12.3. The summed E-state index contributed by atoms with van der Waals surface area (Å²) >= 11 is 1.40. The first-order valence-electron chi connectivity index (χ1n) is 6.14. The van der Waals surface area contributed by atoms with Crippen molar-refractivity contribution >= 4 is 39.1 Å². The molecular formula is C14H11N3O3S. The van der Waals surface area contributed by atoms with Crippen molar-refractivity contribution in [3.05, 3.63) is 46.5 Å². The van der Waals surface area contributed by atoms with Crippen molar-refractivity contribution in [3.63, 3.8) is 0 Å². The Hall–Kier alpha value is -2.67. The van der Waals surface area contributed by atoms with Gasteiger partial charge < -0.3 is 10.4 Å². The average molecular weight is 301 g/mol. The summed E-state index contributed by atoms with van der Waals surface area (Å²) in [6.07, 6.45) is 0. The average Bonchev–Trinajstić information content (AvgIpc) is 3.05. The number of hydrogen-bond donors (Lipinski definition) is 3. The minimum Gasteiger partial charge on any atom is -0.477 e. The second-order valence-corrected chi connectivity index (χ2v) is 5.53. The Balaban J connectivity index is 1.89. The first-order valence-corrected chi connectivity index (χ1v) is 6.96. The number of H-pyrrole nitrogens is 1. The number of hydrogen-bond acceptors (Lipinski definition) is 4. The number of aromatic nitrogens is 2. The van der Waals surface area contributed by atoms with Gasteiger partial charge in [0.15, 0.2) is 5.82 Å². The Morgan fingerprint density at radius 2 is 2.10 bits per heavy atom. The van der Waals surface area contributed by atoms with Crippen LogP contribution in [0.25, 0.3) is 10.1 Å². The molecule has 0 fully saturated rings. The lowest BCUT2D eigenvalue weighted by molar-refractivity contribution is 0.0690. The molecule has 3 N–H and O–H groups in total. The molecule has 3 rings (SSSR count). The van der Waals surface area contributed by atoms with E-state index in [0.717, 1.165) is 15.6 Å². The number of carbonyl (C=O) groups is 2. The van der Waals surface area contributed by atoms with Crippen LogP contribution in [-0.4, -0.2) is 27.2 Å². The summed E-state index contributed by atoms with van der Waals surface area (Å²) in [4.78, 5) is 23.6. The third-order valence-corrected chi connectivity index (χ3v) is 4.37. The lowest BCUT2D eigenvalue weighted by Gasteiger charge is -1.99. The fourth-order valence-corrected chi connectivity index (χ4v) is 3.16. The number of amides is 1. The number of aromatic carboxylic acids is 1. The number of nitrogens with zero attached hydrogens (tertiary/aromatic N) is 1. The molecule has 0 aliphatic heterocycles. The second-order valence-electron chi connectivity index (χ2n) is 4.48. The molecule has 0 unspecified atom stereocenters. The minimum absolute atomic E-state index is 0.0710. The van der Waals surface area contributed by atoms with E-state index < -0.39 is 5.97 Å². The first kappa shape index (κ1) is 13.3. The SMILES string of the molecule is Cc1c(C(=O)Nc2cc(C(=O)O)[nH]n2)sc2ccccc12. The van der Waals surface area contributed by atoms with E-state index in [0.29, 0.717) is 4.88 Å². The van der Waals surface area contributed by atoms with Crippen LogP contribution in [0.5, 0.6) is 0 Å². The van der Waals surface area contributed by atoms with Crippen molar-refractivity contribution in [3.8, 4) is 0 Å². The predicted molar refractivity (Wildman–Crippen MR) is 80.1 cm³/mol. The Kier molecular flexibility index (Phi) is 3.19. The van der Waals surface area contributed by atoms with E-state index in [-0.39, 0.29) is 17.4 Å². The maximum Gasteiger partial charge on any atom is 0.353 e. The van der Waals surface area contributed by atoms with Gasteiger partial charge in [-0.3, -0.25) is 9.89 Å². The quantitative estimate of drug-likeness (QED) is 0.693. The van der Waals surface area contributed by atoms with E-state index in [1.54, 1.807) is 0 Å². The number of anilines is 1. The number of carboxylic acids is 1. The maximum atomic E-state index is 12.3. The van der Waals surface area contributed by atoms with Crippen LogP contribution in [0.1, 0.15) is 25.7 Å². The summed E-state index contributed by atoms with van der Waals surface area (Å²) in [7, 11) is 0. The zero-order valence-corrected chi connectivity index (χ0v) is 11.8. The van der Waals surface area contributed by atoms with Crippen LogP contribution in [-0.2, 0) is 0 Å². The van der Waals surface area contributed by atoms with Crippen LogP contribution in [0, 0.1) is 6.92 Å². The predicted octanol–water partition coefficient (Wildman–Crippen LogP) is 2.88. The monoisotopic (exact) mass is 301 g/mol. The number of aromatic amines is 1. The van der Waals surface area contributed by atoms with Crippen LogP contribution in [0.3, 0.4) is 0 Å². The molecule has 0 spiro atoms. The van der Waals surface area contributed by atoms with Gasteiger partial charge in [-0.25, -0.2) is 4.79 Å². The molecule has 1 aromatic carbocycles. The number of nitrogens with one attached hydrogen (secondary N) is 2. The standard InChI is InChI=1S/C14H11N3O3S/c1-7-8-4-2-3-5-10(8)21-12(7)13(18)15-11-6-9(14(19)20)16-17-11/h2-6H,1H3,(H,19,20)(H2,15,16,17,18). The van der Waals surface area contributed by atoms with Gasteiger partial charge in [0, 0.05) is 10.8 Å². The van der Waals surface area contributed by atoms with Crippen molar-refractivity contribution in [2.45, 2.75) is 6.92 Å². The van der Waals surface area contributed by atoms with Crippen molar-refractivity contribution in [1.29, 1.82) is 0 Å². The number of thiophene rings is 1. The van der Waals surface area contributed by atoms with E-state index in [2.05, 4.69) is 15.5 Å². The topological polar surface area (TPSA) is 95.1 Å². The third kappa shape index (κ3) is 2.38. The molecule has 3 aromatic rings. The largest absolute Gasteiger partial charge is 0.477 e. The normalized spacial score (nSPS) is 10.7. The number of carbonyl (C=O) groups excluding carboxylic acids is 1. The molecule has 0 radical (unpaired) electrons. The van der Waals surface area contributed by atoms with E-state index in [1.807, 2.05) is 31.2 Å². The Morgan fingerprint density at radius 1 is 1.33 bits per heavy atom. The summed E-state index contributed by atoms with van der Waals surface area (Å²) in [5.41, 5.74) is 0.834. The summed E-state index contributed by atoms with van der Waals surface area (Å²) in [6, 6.07) is 9.06. The Labute approximate surface area is 123 Å². The molecule has 0 aliphatic rings. The molecule has 0 saturated carbocycles. The van der Waals surface area contributed by atoms with E-state index >= 15 is 0 Å². The molecule has 0 saturated heterocycles. The van der Waals surface area contributed by atoms with Gasteiger partial charge in [0.1, 0.15) is 5.69 Å². The van der Waals surface area contributed by atoms with E-state index in [1.165, 1.54) is 17.4 Å². The lowest BCUT2D eigenvalue weighted by Crippen LogP contribution is -2.11. The highest BCUT2D eigenvalue weighted by atomic mass is 32.1. The van der Waals surface area contributed by atoms with Crippen molar-refractivity contribution in [1.82, 2.24) is 10.2 Å². The van der Waals surface area contributed by atoms with E-state index in [4.69, 9.17) is 5.11 Å². The number of rotatable bonds is 3. The summed E-state index contributed by atoms with van der Waals surface area (Å²) in [5.74, 6) is -1.23. The van der Waals surface area contributed by atoms with Gasteiger partial charge in [-0.15, -0.1) is 11.3 Å². The van der Waals surface area contributed by atoms with Crippen molar-refractivity contribution in [2.24, 2.45) is 0 Å². The summed E-state index contributed by atoms with van der Waals surface area (Å²) in [6.45, 7) is 1.89. The number of fused-ring (bicyclic) bond motifs is 1.